The third-order valence-electron chi connectivity index (χ3n) is 1.47. The summed E-state index contributed by atoms with van der Waals surface area (Å²) in [5.74, 6) is 0.366. The van der Waals surface area contributed by atoms with Gasteiger partial charge in [0.25, 0.3) is 0 Å². The summed E-state index contributed by atoms with van der Waals surface area (Å²) in [7, 11) is -3.42. The molecule has 1 rings (SSSR count). The van der Waals surface area contributed by atoms with Crippen LogP contribution in [0.4, 0.5) is 0 Å². The minimum atomic E-state index is -3.42. The van der Waals surface area contributed by atoms with Gasteiger partial charge in [0.15, 0.2) is 0 Å². The number of rotatable bonds is 5. The number of sulfonamides is 1. The SMILES string of the molecule is O=[C]NS(=O)(=O)C[CH]C1CC1. The average Bonchev–Trinajstić information content (AvgIpc) is 2.65. The summed E-state index contributed by atoms with van der Waals surface area (Å²) in [6, 6.07) is 0. The summed E-state index contributed by atoms with van der Waals surface area (Å²) in [4.78, 5) is 9.65. The Morgan fingerprint density at radius 2 is 2.18 bits per heavy atom. The summed E-state index contributed by atoms with van der Waals surface area (Å²) in [6.45, 7) is 0. The molecule has 4 nitrogen and oxygen atoms in total. The number of carbonyl (C=O) groups excluding carboxylic acids is 1. The van der Waals surface area contributed by atoms with E-state index in [1.807, 2.05) is 0 Å². The van der Waals surface area contributed by atoms with Crippen molar-refractivity contribution in [2.75, 3.05) is 5.75 Å². The largest absolute Gasteiger partial charge is 0.323 e. The maximum atomic E-state index is 10.8. The van der Waals surface area contributed by atoms with E-state index in [4.69, 9.17) is 0 Å². The van der Waals surface area contributed by atoms with Gasteiger partial charge in [-0.3, -0.25) is 4.79 Å². The highest BCUT2D eigenvalue weighted by molar-refractivity contribution is 7.90. The quantitative estimate of drug-likeness (QED) is 0.577. The summed E-state index contributed by atoms with van der Waals surface area (Å²) in [5.41, 5.74) is 0. The first kappa shape index (κ1) is 8.52. The molecule has 0 unspecified atom stereocenters. The van der Waals surface area contributed by atoms with Crippen LogP contribution in [0.25, 0.3) is 0 Å². The second-order valence-electron chi connectivity index (χ2n) is 2.56. The predicted molar refractivity (Wildman–Crippen MR) is 39.6 cm³/mol. The van der Waals surface area contributed by atoms with Crippen LogP contribution in [0.1, 0.15) is 12.8 Å². The molecule has 1 fully saturated rings. The lowest BCUT2D eigenvalue weighted by molar-refractivity contribution is 0.547. The van der Waals surface area contributed by atoms with Crippen LogP contribution >= 0.6 is 0 Å². The van der Waals surface area contributed by atoms with Gasteiger partial charge in [-0.05, 0) is 25.2 Å². The van der Waals surface area contributed by atoms with Crippen LogP contribution in [0.3, 0.4) is 0 Å². The second-order valence-corrected chi connectivity index (χ2v) is 4.33. The molecule has 0 heterocycles. The maximum absolute atomic E-state index is 10.8. The fourth-order valence-electron chi connectivity index (χ4n) is 0.700. The van der Waals surface area contributed by atoms with E-state index in [1.54, 1.807) is 11.1 Å². The molecule has 0 aliphatic heterocycles. The molecular formula is C6H9NO3S. The third-order valence-corrected chi connectivity index (χ3v) is 2.49. The minimum absolute atomic E-state index is 0.0765. The van der Waals surface area contributed by atoms with Crippen LogP contribution in [-0.4, -0.2) is 20.6 Å². The van der Waals surface area contributed by atoms with Gasteiger partial charge in [-0.1, -0.05) is 0 Å². The molecule has 0 saturated heterocycles. The molecule has 1 N–H and O–H groups in total. The predicted octanol–water partition coefficient (Wildman–Crippen LogP) is -0.413. The van der Waals surface area contributed by atoms with Gasteiger partial charge in [0, 0.05) is 0 Å². The van der Waals surface area contributed by atoms with E-state index < -0.39 is 10.0 Å². The van der Waals surface area contributed by atoms with Crippen LogP contribution in [0, 0.1) is 12.3 Å². The van der Waals surface area contributed by atoms with Crippen molar-refractivity contribution in [2.24, 2.45) is 5.92 Å². The molecular weight excluding hydrogens is 166 g/mol. The zero-order chi connectivity index (χ0) is 8.32. The van der Waals surface area contributed by atoms with Crippen molar-refractivity contribution in [3.63, 3.8) is 0 Å². The van der Waals surface area contributed by atoms with E-state index in [1.165, 1.54) is 0 Å². The molecule has 5 heteroatoms. The third kappa shape index (κ3) is 3.36. The molecule has 1 saturated carbocycles. The van der Waals surface area contributed by atoms with E-state index in [-0.39, 0.29) is 5.75 Å². The van der Waals surface area contributed by atoms with Crippen molar-refractivity contribution in [3.8, 4) is 0 Å². The fourth-order valence-corrected chi connectivity index (χ4v) is 1.44. The maximum Gasteiger partial charge on any atom is 0.323 e. The van der Waals surface area contributed by atoms with Crippen molar-refractivity contribution >= 4 is 16.4 Å². The van der Waals surface area contributed by atoms with Gasteiger partial charge >= 0.3 is 6.41 Å². The lowest BCUT2D eigenvalue weighted by Gasteiger charge is -1.98. The molecule has 1 amide bonds. The van der Waals surface area contributed by atoms with Gasteiger partial charge in [-0.15, -0.1) is 0 Å². The Labute approximate surface area is 66.0 Å². The Hall–Kier alpha value is -0.580. The molecule has 0 aromatic heterocycles. The average molecular weight is 175 g/mol. The molecule has 0 spiro atoms. The highest BCUT2D eigenvalue weighted by Crippen LogP contribution is 2.31. The second kappa shape index (κ2) is 3.21. The first-order chi connectivity index (χ1) is 5.14. The van der Waals surface area contributed by atoms with Gasteiger partial charge < -0.3 is 0 Å². The Balaban J connectivity index is 2.26. The molecule has 0 atom stereocenters. The van der Waals surface area contributed by atoms with Crippen LogP contribution in [-0.2, 0) is 14.8 Å². The zero-order valence-corrected chi connectivity index (χ0v) is 6.73. The van der Waals surface area contributed by atoms with Crippen LogP contribution < -0.4 is 4.72 Å². The highest BCUT2D eigenvalue weighted by atomic mass is 32.2. The van der Waals surface area contributed by atoms with E-state index in [9.17, 15) is 13.2 Å². The van der Waals surface area contributed by atoms with Crippen LogP contribution in [0.2, 0.25) is 0 Å². The Morgan fingerprint density at radius 3 is 2.64 bits per heavy atom. The van der Waals surface area contributed by atoms with Crippen molar-refractivity contribution in [3.05, 3.63) is 6.42 Å². The van der Waals surface area contributed by atoms with Crippen LogP contribution in [0.15, 0.2) is 0 Å². The molecule has 11 heavy (non-hydrogen) atoms. The van der Waals surface area contributed by atoms with Crippen molar-refractivity contribution in [2.45, 2.75) is 12.8 Å². The fraction of sp³-hybridized carbons (Fsp3) is 0.667. The molecule has 0 aromatic rings. The lowest BCUT2D eigenvalue weighted by Crippen LogP contribution is -2.25. The van der Waals surface area contributed by atoms with Crippen molar-refractivity contribution in [1.29, 1.82) is 0 Å². The van der Waals surface area contributed by atoms with Gasteiger partial charge in [0.05, 0.1) is 5.75 Å². The monoisotopic (exact) mass is 175 g/mol. The Bertz CT molecular complexity index is 230. The molecule has 1 aliphatic rings. The Kier molecular flexibility index (Phi) is 2.49. The first-order valence-electron chi connectivity index (χ1n) is 3.34. The van der Waals surface area contributed by atoms with E-state index in [0.29, 0.717) is 5.92 Å². The molecule has 1 aliphatic carbocycles. The minimum Gasteiger partial charge on any atom is -0.263 e. The summed E-state index contributed by atoms with van der Waals surface area (Å²) >= 11 is 0. The topological polar surface area (TPSA) is 63.2 Å². The normalized spacial score (nSPS) is 17.8. The molecule has 2 radical (unpaired) electrons. The summed E-state index contributed by atoms with van der Waals surface area (Å²) in [5, 5.41) is 0. The standard InChI is InChI=1S/C6H9NO3S/c8-5-7-11(9,10)4-3-6-1-2-6/h3,6H,1-2,4H2,(H,7,8). The van der Waals surface area contributed by atoms with E-state index in [0.717, 1.165) is 19.3 Å². The highest BCUT2D eigenvalue weighted by Gasteiger charge is 2.23. The first-order valence-corrected chi connectivity index (χ1v) is 4.99. The van der Waals surface area contributed by atoms with Gasteiger partial charge in [0.2, 0.25) is 10.0 Å². The van der Waals surface area contributed by atoms with Gasteiger partial charge in [-0.2, -0.15) is 0 Å². The summed E-state index contributed by atoms with van der Waals surface area (Å²) in [6.07, 6.45) is 4.99. The molecule has 62 valence electrons. The molecule has 0 bridgehead atoms. The number of nitrogens with one attached hydrogen (secondary N) is 1. The van der Waals surface area contributed by atoms with Crippen molar-refractivity contribution in [1.82, 2.24) is 4.72 Å². The number of amides is 1. The van der Waals surface area contributed by atoms with Crippen molar-refractivity contribution < 1.29 is 13.2 Å². The zero-order valence-electron chi connectivity index (χ0n) is 5.91. The molecule has 0 aromatic carbocycles. The number of hydrogen-bond acceptors (Lipinski definition) is 3. The Morgan fingerprint density at radius 1 is 1.55 bits per heavy atom. The summed E-state index contributed by atoms with van der Waals surface area (Å²) < 4.78 is 23.2. The van der Waals surface area contributed by atoms with Gasteiger partial charge in [0.1, 0.15) is 0 Å². The number of hydrogen-bond donors (Lipinski definition) is 1. The van der Waals surface area contributed by atoms with Gasteiger partial charge in [-0.25, -0.2) is 13.1 Å². The van der Waals surface area contributed by atoms with E-state index >= 15 is 0 Å². The van der Waals surface area contributed by atoms with Crippen LogP contribution in [0.5, 0.6) is 0 Å². The smallest absolute Gasteiger partial charge is 0.263 e. The van der Waals surface area contributed by atoms with E-state index in [2.05, 4.69) is 0 Å². The lowest BCUT2D eigenvalue weighted by atomic mass is 10.3.